The van der Waals surface area contributed by atoms with Crippen molar-refractivity contribution in [3.8, 4) is 0 Å². The Morgan fingerprint density at radius 1 is 1.14 bits per heavy atom. The predicted molar refractivity (Wildman–Crippen MR) is 76.4 cm³/mol. The van der Waals surface area contributed by atoms with Gasteiger partial charge in [0.05, 0.1) is 0 Å². The second-order valence-electron chi connectivity index (χ2n) is 5.37. The van der Waals surface area contributed by atoms with Gasteiger partial charge in [-0.15, -0.1) is 0 Å². The van der Waals surface area contributed by atoms with Gasteiger partial charge in [-0.25, -0.2) is 17.2 Å². The third kappa shape index (κ3) is 3.25. The van der Waals surface area contributed by atoms with Crippen molar-refractivity contribution in [1.82, 2.24) is 9.62 Å². The second kappa shape index (κ2) is 6.37. The van der Waals surface area contributed by atoms with Gasteiger partial charge in [-0.05, 0) is 44.9 Å². The lowest BCUT2D eigenvalue weighted by Gasteiger charge is -2.33. The van der Waals surface area contributed by atoms with Crippen molar-refractivity contribution in [1.29, 1.82) is 0 Å². The maximum atomic E-state index is 13.7. The zero-order chi connectivity index (χ0) is 15.6. The first kappa shape index (κ1) is 16.3. The molecule has 1 N–H and O–H groups in total. The van der Waals surface area contributed by atoms with E-state index in [0.717, 1.165) is 35.3 Å². The molecule has 0 atom stereocenters. The molecule has 1 aliphatic rings. The molecule has 0 heterocycles. The van der Waals surface area contributed by atoms with Crippen molar-refractivity contribution in [3.05, 3.63) is 29.8 Å². The molecular formula is C14H20F2N2O2S. The highest BCUT2D eigenvalue weighted by molar-refractivity contribution is 7.89. The van der Waals surface area contributed by atoms with Crippen LogP contribution in [0.3, 0.4) is 0 Å². The Morgan fingerprint density at radius 3 is 2.14 bits per heavy atom. The molecular weight excluding hydrogens is 298 g/mol. The number of nitrogens with zero attached hydrogens (tertiary/aromatic N) is 1. The Labute approximate surface area is 124 Å². The molecule has 0 aliphatic heterocycles. The van der Waals surface area contributed by atoms with Crippen LogP contribution in [0.2, 0.25) is 0 Å². The number of sulfonamides is 1. The molecule has 0 saturated heterocycles. The second-order valence-corrected chi connectivity index (χ2v) is 7.30. The van der Waals surface area contributed by atoms with Gasteiger partial charge < -0.3 is 5.32 Å². The van der Waals surface area contributed by atoms with Crippen LogP contribution in [0.5, 0.6) is 0 Å². The molecule has 0 bridgehead atoms. The Hall–Kier alpha value is -1.05. The first-order chi connectivity index (χ1) is 9.87. The Morgan fingerprint density at radius 2 is 1.67 bits per heavy atom. The number of halogens is 2. The number of hydrogen-bond donors (Lipinski definition) is 1. The molecule has 1 aliphatic carbocycles. The summed E-state index contributed by atoms with van der Waals surface area (Å²) in [6.45, 7) is 0. The van der Waals surface area contributed by atoms with Crippen molar-refractivity contribution in [2.24, 2.45) is 0 Å². The van der Waals surface area contributed by atoms with Crippen LogP contribution in [-0.2, 0) is 10.0 Å². The minimum Gasteiger partial charge on any atom is -0.317 e. The van der Waals surface area contributed by atoms with E-state index in [1.807, 2.05) is 7.05 Å². The fourth-order valence-corrected chi connectivity index (χ4v) is 4.32. The van der Waals surface area contributed by atoms with Crippen LogP contribution in [0.4, 0.5) is 8.78 Å². The molecule has 0 unspecified atom stereocenters. The molecule has 1 fully saturated rings. The summed E-state index contributed by atoms with van der Waals surface area (Å²) >= 11 is 0. The Kier molecular flexibility index (Phi) is 4.95. The summed E-state index contributed by atoms with van der Waals surface area (Å²) in [5.41, 5.74) is 0. The SMILES string of the molecule is CNC1CCC(N(C)S(=O)(=O)c2c(F)cccc2F)CC1. The first-order valence-electron chi connectivity index (χ1n) is 6.97. The number of hydrogen-bond acceptors (Lipinski definition) is 3. The summed E-state index contributed by atoms with van der Waals surface area (Å²) in [7, 11) is -0.892. The van der Waals surface area contributed by atoms with Gasteiger partial charge in [0.1, 0.15) is 11.6 Å². The van der Waals surface area contributed by atoms with E-state index in [9.17, 15) is 17.2 Å². The average molecular weight is 318 g/mol. The van der Waals surface area contributed by atoms with Gasteiger partial charge in [-0.2, -0.15) is 4.31 Å². The quantitative estimate of drug-likeness (QED) is 0.925. The van der Waals surface area contributed by atoms with Gasteiger partial charge in [-0.1, -0.05) is 6.07 Å². The van der Waals surface area contributed by atoms with Crippen LogP contribution < -0.4 is 5.32 Å². The monoisotopic (exact) mass is 318 g/mol. The lowest BCUT2D eigenvalue weighted by Crippen LogP contribution is -2.42. The Balaban J connectivity index is 2.24. The molecule has 1 saturated carbocycles. The molecule has 1 aromatic carbocycles. The van der Waals surface area contributed by atoms with E-state index in [4.69, 9.17) is 0 Å². The van der Waals surface area contributed by atoms with E-state index in [1.165, 1.54) is 7.05 Å². The normalized spacial score (nSPS) is 23.5. The highest BCUT2D eigenvalue weighted by Gasteiger charge is 2.34. The zero-order valence-electron chi connectivity index (χ0n) is 12.1. The molecule has 0 aromatic heterocycles. The summed E-state index contributed by atoms with van der Waals surface area (Å²) in [4.78, 5) is -0.858. The largest absolute Gasteiger partial charge is 0.317 e. The van der Waals surface area contributed by atoms with Gasteiger partial charge in [0.25, 0.3) is 0 Å². The molecule has 1 aromatic rings. The summed E-state index contributed by atoms with van der Waals surface area (Å²) < 4.78 is 53.5. The molecule has 0 spiro atoms. The lowest BCUT2D eigenvalue weighted by molar-refractivity contribution is 0.254. The molecule has 4 nitrogen and oxygen atoms in total. The summed E-state index contributed by atoms with van der Waals surface area (Å²) in [6, 6.07) is 3.23. The fraction of sp³-hybridized carbons (Fsp3) is 0.571. The van der Waals surface area contributed by atoms with Crippen molar-refractivity contribution >= 4 is 10.0 Å². The maximum absolute atomic E-state index is 13.7. The van der Waals surface area contributed by atoms with Crippen LogP contribution in [0.25, 0.3) is 0 Å². The molecule has 7 heteroatoms. The van der Waals surface area contributed by atoms with E-state index in [0.29, 0.717) is 18.9 Å². The van der Waals surface area contributed by atoms with Gasteiger partial charge in [0, 0.05) is 19.1 Å². The van der Waals surface area contributed by atoms with Crippen LogP contribution in [0, 0.1) is 11.6 Å². The number of benzene rings is 1. The van der Waals surface area contributed by atoms with Gasteiger partial charge in [0.2, 0.25) is 10.0 Å². The smallest absolute Gasteiger partial charge is 0.248 e. The minimum absolute atomic E-state index is 0.224. The lowest BCUT2D eigenvalue weighted by atomic mass is 9.91. The number of rotatable bonds is 4. The number of nitrogens with one attached hydrogen (secondary N) is 1. The standard InChI is InChI=1S/C14H20F2N2O2S/c1-17-10-6-8-11(9-7-10)18(2)21(19,20)14-12(15)4-3-5-13(14)16/h3-5,10-11,17H,6-9H2,1-2H3. The van der Waals surface area contributed by atoms with E-state index in [1.54, 1.807) is 0 Å². The third-order valence-electron chi connectivity index (χ3n) is 4.18. The van der Waals surface area contributed by atoms with Gasteiger partial charge in [0.15, 0.2) is 4.90 Å². The molecule has 0 radical (unpaired) electrons. The summed E-state index contributed by atoms with van der Waals surface area (Å²) in [5, 5.41) is 3.16. The first-order valence-corrected chi connectivity index (χ1v) is 8.41. The molecule has 0 amide bonds. The van der Waals surface area contributed by atoms with Crippen molar-refractivity contribution in [2.45, 2.75) is 42.7 Å². The molecule has 2 rings (SSSR count). The molecule has 118 valence electrons. The predicted octanol–water partition coefficient (Wildman–Crippen LogP) is 2.12. The average Bonchev–Trinajstić information content (AvgIpc) is 2.46. The van der Waals surface area contributed by atoms with E-state index in [2.05, 4.69) is 5.32 Å². The van der Waals surface area contributed by atoms with Crippen LogP contribution >= 0.6 is 0 Å². The van der Waals surface area contributed by atoms with Crippen molar-refractivity contribution < 1.29 is 17.2 Å². The van der Waals surface area contributed by atoms with Gasteiger partial charge in [-0.3, -0.25) is 0 Å². The summed E-state index contributed by atoms with van der Waals surface area (Å²) in [5.74, 6) is -2.10. The van der Waals surface area contributed by atoms with Crippen molar-refractivity contribution in [2.75, 3.05) is 14.1 Å². The van der Waals surface area contributed by atoms with E-state index in [-0.39, 0.29) is 6.04 Å². The van der Waals surface area contributed by atoms with Gasteiger partial charge >= 0.3 is 0 Å². The summed E-state index contributed by atoms with van der Waals surface area (Å²) in [6.07, 6.45) is 3.05. The fourth-order valence-electron chi connectivity index (χ4n) is 2.80. The highest BCUT2D eigenvalue weighted by atomic mass is 32.2. The maximum Gasteiger partial charge on any atom is 0.248 e. The minimum atomic E-state index is -4.16. The van der Waals surface area contributed by atoms with Crippen LogP contribution in [0.15, 0.2) is 23.1 Å². The highest BCUT2D eigenvalue weighted by Crippen LogP contribution is 2.28. The topological polar surface area (TPSA) is 49.4 Å². The Bertz CT molecular complexity index is 579. The van der Waals surface area contributed by atoms with Crippen molar-refractivity contribution in [3.63, 3.8) is 0 Å². The van der Waals surface area contributed by atoms with E-state index >= 15 is 0 Å². The van der Waals surface area contributed by atoms with E-state index < -0.39 is 26.6 Å². The zero-order valence-corrected chi connectivity index (χ0v) is 13.0. The third-order valence-corrected chi connectivity index (χ3v) is 6.14. The molecule has 21 heavy (non-hydrogen) atoms. The van der Waals surface area contributed by atoms with Crippen LogP contribution in [0.1, 0.15) is 25.7 Å². The van der Waals surface area contributed by atoms with Crippen LogP contribution in [-0.4, -0.2) is 38.9 Å².